The van der Waals surface area contributed by atoms with Crippen molar-refractivity contribution < 1.29 is 18.0 Å². The minimum absolute atomic E-state index is 0.0267. The summed E-state index contributed by atoms with van der Waals surface area (Å²) in [6.07, 6.45) is 5.47. The highest BCUT2D eigenvalue weighted by molar-refractivity contribution is 7.89. The SMILES string of the molecule is CON(C)S(=O)(=O)c1cccc(C(=O)N2CCC(c3c[nH]c4ncccc34)CC2)c1. The predicted molar refractivity (Wildman–Crippen MR) is 112 cm³/mol. The first-order chi connectivity index (χ1) is 14.4. The third kappa shape index (κ3) is 3.71. The lowest BCUT2D eigenvalue weighted by molar-refractivity contribution is -0.0258. The van der Waals surface area contributed by atoms with E-state index in [4.69, 9.17) is 4.84 Å². The van der Waals surface area contributed by atoms with E-state index in [9.17, 15) is 13.2 Å². The number of sulfonamides is 1. The van der Waals surface area contributed by atoms with Crippen LogP contribution in [0, 0.1) is 0 Å². The molecule has 30 heavy (non-hydrogen) atoms. The van der Waals surface area contributed by atoms with Gasteiger partial charge in [-0.25, -0.2) is 13.4 Å². The maximum absolute atomic E-state index is 13.0. The Morgan fingerprint density at radius 2 is 2.00 bits per heavy atom. The molecule has 1 aliphatic heterocycles. The van der Waals surface area contributed by atoms with Crippen LogP contribution in [-0.2, 0) is 14.9 Å². The number of hydrogen-bond donors (Lipinski definition) is 1. The molecule has 1 amide bonds. The maximum Gasteiger partial charge on any atom is 0.264 e. The van der Waals surface area contributed by atoms with E-state index in [2.05, 4.69) is 16.0 Å². The van der Waals surface area contributed by atoms with Gasteiger partial charge in [0.2, 0.25) is 0 Å². The molecule has 1 fully saturated rings. The number of amides is 1. The quantitative estimate of drug-likeness (QED) is 0.631. The summed E-state index contributed by atoms with van der Waals surface area (Å²) in [7, 11) is -1.21. The molecule has 9 heteroatoms. The Morgan fingerprint density at radius 1 is 1.23 bits per heavy atom. The number of fused-ring (bicyclic) bond motifs is 1. The number of rotatable bonds is 5. The molecule has 1 aromatic carbocycles. The van der Waals surface area contributed by atoms with E-state index in [1.54, 1.807) is 23.2 Å². The van der Waals surface area contributed by atoms with Gasteiger partial charge < -0.3 is 9.88 Å². The lowest BCUT2D eigenvalue weighted by Gasteiger charge is -2.32. The van der Waals surface area contributed by atoms with Crippen molar-refractivity contribution >= 4 is 27.0 Å². The number of pyridine rings is 1. The molecule has 1 saturated heterocycles. The standard InChI is InChI=1S/C21H24N4O4S/c1-24(29-2)30(27,28)17-6-3-5-16(13-17)21(26)25-11-8-15(9-12-25)19-14-23-20-18(19)7-4-10-22-20/h3-7,10,13-15H,8-9,11-12H2,1-2H3,(H,22,23). The first-order valence-corrected chi connectivity index (χ1v) is 11.2. The molecule has 0 unspecified atom stereocenters. The summed E-state index contributed by atoms with van der Waals surface area (Å²) in [5.74, 6) is 0.195. The van der Waals surface area contributed by atoms with E-state index in [0.717, 1.165) is 28.3 Å². The van der Waals surface area contributed by atoms with E-state index in [1.165, 1.54) is 31.9 Å². The van der Waals surface area contributed by atoms with Crippen molar-refractivity contribution in [3.63, 3.8) is 0 Å². The van der Waals surface area contributed by atoms with Crippen molar-refractivity contribution in [3.8, 4) is 0 Å². The van der Waals surface area contributed by atoms with Crippen molar-refractivity contribution in [2.24, 2.45) is 0 Å². The number of aromatic amines is 1. The van der Waals surface area contributed by atoms with E-state index in [-0.39, 0.29) is 10.8 Å². The molecule has 2 aromatic heterocycles. The Bertz CT molecular complexity index is 1170. The zero-order chi connectivity index (χ0) is 21.3. The topological polar surface area (TPSA) is 95.6 Å². The van der Waals surface area contributed by atoms with Crippen LogP contribution in [0.25, 0.3) is 11.0 Å². The summed E-state index contributed by atoms with van der Waals surface area (Å²) in [5.41, 5.74) is 2.47. The van der Waals surface area contributed by atoms with Crippen LogP contribution in [0.4, 0.5) is 0 Å². The Kier molecular flexibility index (Phi) is 5.59. The van der Waals surface area contributed by atoms with Gasteiger partial charge in [0.1, 0.15) is 5.65 Å². The second-order valence-electron chi connectivity index (χ2n) is 7.34. The van der Waals surface area contributed by atoms with E-state index < -0.39 is 10.0 Å². The molecule has 0 spiro atoms. The summed E-state index contributed by atoms with van der Waals surface area (Å²) in [6.45, 7) is 1.23. The van der Waals surface area contributed by atoms with Gasteiger partial charge in [0.25, 0.3) is 15.9 Å². The van der Waals surface area contributed by atoms with Gasteiger partial charge in [-0.3, -0.25) is 9.63 Å². The van der Waals surface area contributed by atoms with Gasteiger partial charge in [-0.15, -0.1) is 0 Å². The average molecular weight is 429 g/mol. The number of hydrogen-bond acceptors (Lipinski definition) is 5. The van der Waals surface area contributed by atoms with E-state index in [1.807, 2.05) is 12.3 Å². The van der Waals surface area contributed by atoms with Gasteiger partial charge in [-0.05, 0) is 54.7 Å². The Labute approximate surface area is 175 Å². The number of carbonyl (C=O) groups is 1. The van der Waals surface area contributed by atoms with Crippen LogP contribution in [0.1, 0.15) is 34.7 Å². The van der Waals surface area contributed by atoms with Gasteiger partial charge in [0.15, 0.2) is 0 Å². The lowest BCUT2D eigenvalue weighted by Crippen LogP contribution is -2.38. The minimum atomic E-state index is -3.80. The minimum Gasteiger partial charge on any atom is -0.346 e. The molecule has 158 valence electrons. The fourth-order valence-corrected chi connectivity index (χ4v) is 4.95. The number of nitrogens with zero attached hydrogens (tertiary/aromatic N) is 3. The van der Waals surface area contributed by atoms with E-state index in [0.29, 0.717) is 24.6 Å². The molecule has 0 saturated carbocycles. The second kappa shape index (κ2) is 8.17. The second-order valence-corrected chi connectivity index (χ2v) is 9.27. The summed E-state index contributed by atoms with van der Waals surface area (Å²) < 4.78 is 25.7. The zero-order valence-electron chi connectivity index (χ0n) is 16.9. The number of piperidine rings is 1. The predicted octanol–water partition coefficient (Wildman–Crippen LogP) is 2.76. The van der Waals surface area contributed by atoms with Crippen molar-refractivity contribution in [1.29, 1.82) is 0 Å². The number of hydroxylamine groups is 1. The molecule has 8 nitrogen and oxygen atoms in total. The largest absolute Gasteiger partial charge is 0.346 e. The van der Waals surface area contributed by atoms with Crippen molar-refractivity contribution in [3.05, 3.63) is 59.9 Å². The van der Waals surface area contributed by atoms with Gasteiger partial charge in [-0.1, -0.05) is 10.5 Å². The molecular formula is C21H24N4O4S. The van der Waals surface area contributed by atoms with Gasteiger partial charge in [0.05, 0.1) is 12.0 Å². The zero-order valence-corrected chi connectivity index (χ0v) is 17.7. The van der Waals surface area contributed by atoms with E-state index >= 15 is 0 Å². The third-order valence-corrected chi connectivity index (χ3v) is 7.36. The lowest BCUT2D eigenvalue weighted by atomic mass is 9.89. The fourth-order valence-electron chi connectivity index (χ4n) is 3.93. The molecule has 0 radical (unpaired) electrons. The number of likely N-dealkylation sites (tertiary alicyclic amines) is 1. The van der Waals surface area contributed by atoms with Crippen molar-refractivity contribution in [1.82, 2.24) is 19.3 Å². The van der Waals surface area contributed by atoms with Crippen molar-refractivity contribution in [2.75, 3.05) is 27.2 Å². The molecule has 3 heterocycles. The average Bonchev–Trinajstić information content (AvgIpc) is 3.22. The van der Waals surface area contributed by atoms with Crippen LogP contribution in [-0.4, -0.2) is 60.9 Å². The number of carbonyl (C=O) groups excluding carboxylic acids is 1. The van der Waals surface area contributed by atoms with Gasteiger partial charge >= 0.3 is 0 Å². The monoisotopic (exact) mass is 428 g/mol. The number of benzene rings is 1. The Balaban J connectivity index is 1.48. The van der Waals surface area contributed by atoms with Crippen molar-refractivity contribution in [2.45, 2.75) is 23.7 Å². The first kappa shape index (κ1) is 20.5. The smallest absolute Gasteiger partial charge is 0.264 e. The van der Waals surface area contributed by atoms with Gasteiger partial charge in [-0.2, -0.15) is 0 Å². The number of nitrogens with one attached hydrogen (secondary N) is 1. The molecule has 3 aromatic rings. The molecule has 4 rings (SSSR count). The molecule has 0 bridgehead atoms. The molecule has 1 aliphatic rings. The maximum atomic E-state index is 13.0. The fraction of sp³-hybridized carbons (Fsp3) is 0.333. The normalized spacial score (nSPS) is 15.8. The highest BCUT2D eigenvalue weighted by atomic mass is 32.2. The molecule has 0 atom stereocenters. The number of aromatic nitrogens is 2. The Hall–Kier alpha value is -2.75. The van der Waals surface area contributed by atoms with Crippen LogP contribution in [0.3, 0.4) is 0 Å². The summed E-state index contributed by atoms with van der Waals surface area (Å²) in [5, 5.41) is 1.13. The molecular weight excluding hydrogens is 404 g/mol. The van der Waals surface area contributed by atoms with Crippen LogP contribution in [0.5, 0.6) is 0 Å². The van der Waals surface area contributed by atoms with Crippen LogP contribution >= 0.6 is 0 Å². The molecule has 0 aliphatic carbocycles. The summed E-state index contributed by atoms with van der Waals surface area (Å²) in [4.78, 5) is 27.2. The first-order valence-electron chi connectivity index (χ1n) is 9.76. The van der Waals surface area contributed by atoms with Crippen LogP contribution in [0.15, 0.2) is 53.7 Å². The Morgan fingerprint density at radius 3 is 2.73 bits per heavy atom. The molecule has 1 N–H and O–H groups in total. The highest BCUT2D eigenvalue weighted by Gasteiger charge is 2.27. The van der Waals surface area contributed by atoms with Gasteiger partial charge in [0, 0.05) is 43.5 Å². The van der Waals surface area contributed by atoms with Crippen LogP contribution in [0.2, 0.25) is 0 Å². The highest BCUT2D eigenvalue weighted by Crippen LogP contribution is 2.33. The summed E-state index contributed by atoms with van der Waals surface area (Å²) in [6, 6.07) is 10.1. The number of H-pyrrole nitrogens is 1. The van der Waals surface area contributed by atoms with Crippen LogP contribution < -0.4 is 0 Å². The third-order valence-electron chi connectivity index (χ3n) is 5.68. The summed E-state index contributed by atoms with van der Waals surface area (Å²) >= 11 is 0.